The van der Waals surface area contributed by atoms with Gasteiger partial charge in [-0.25, -0.2) is 23.7 Å². The van der Waals surface area contributed by atoms with Gasteiger partial charge in [-0.15, -0.1) is 10.2 Å². The first-order valence-electron chi connectivity index (χ1n) is 13.4. The van der Waals surface area contributed by atoms with Gasteiger partial charge in [0.05, 0.1) is 41.3 Å². The highest BCUT2D eigenvalue weighted by molar-refractivity contribution is 5.64. The van der Waals surface area contributed by atoms with Crippen molar-refractivity contribution in [2.75, 3.05) is 13.2 Å². The van der Waals surface area contributed by atoms with Gasteiger partial charge in [0.1, 0.15) is 18.0 Å². The zero-order valence-corrected chi connectivity index (χ0v) is 22.2. The average molecular weight is 530 g/mol. The highest BCUT2D eigenvalue weighted by Crippen LogP contribution is 2.69. The molecule has 2 atom stereocenters. The Kier molecular flexibility index (Phi) is 5.26. The Hall–Kier alpha value is -3.66. The molecule has 0 amide bonds. The van der Waals surface area contributed by atoms with Crippen molar-refractivity contribution in [1.29, 1.82) is 0 Å². The number of benzene rings is 1. The molecular weight excluding hydrogens is 500 g/mol. The summed E-state index contributed by atoms with van der Waals surface area (Å²) in [5.41, 5.74) is 2.16. The summed E-state index contributed by atoms with van der Waals surface area (Å²) in [6.07, 6.45) is 6.90. The number of rotatable bonds is 6. The molecule has 3 aromatic heterocycles. The molecule has 0 unspecified atom stereocenters. The molecule has 1 saturated heterocycles. The minimum atomic E-state index is -0.649. The monoisotopic (exact) mass is 529 g/mol. The van der Waals surface area contributed by atoms with Crippen LogP contribution in [0.2, 0.25) is 0 Å². The standard InChI is InChI=1S/C29H29F2N7O/c1-27(2)18-7-11-29(27,25-17(18)13-21(35-36-25)24-19(30)5-4-6-20(24)31)22-9-12-32-26(34-22)38-16-33-23(37-38)8-10-28(3)14-39-15-28/h4-6,9,12-13,16,18H,7-8,10-11,14-15H2,1-3H3/t18-,29-/m0/s1. The molecule has 1 aliphatic heterocycles. The van der Waals surface area contributed by atoms with Crippen molar-refractivity contribution in [3.8, 4) is 17.2 Å². The minimum Gasteiger partial charge on any atom is -0.380 e. The molecule has 200 valence electrons. The Balaban J connectivity index is 1.25. The summed E-state index contributed by atoms with van der Waals surface area (Å²) in [5.74, 6) is 0.0594. The molecule has 2 fully saturated rings. The maximum Gasteiger partial charge on any atom is 0.252 e. The third kappa shape index (κ3) is 3.50. The highest BCUT2D eigenvalue weighted by Gasteiger charge is 2.65. The van der Waals surface area contributed by atoms with Crippen molar-refractivity contribution >= 4 is 0 Å². The van der Waals surface area contributed by atoms with Gasteiger partial charge < -0.3 is 4.74 Å². The molecule has 3 aliphatic rings. The van der Waals surface area contributed by atoms with Crippen molar-refractivity contribution in [1.82, 2.24) is 34.9 Å². The SMILES string of the molecule is CC1(CCc2ncn(-c3nccc([C@@]45CC[C@@H](c6cc(-c7c(F)cccc7F)nnc64)C5(C)C)n3)n2)COC1. The van der Waals surface area contributed by atoms with Crippen LogP contribution in [-0.2, 0) is 16.6 Å². The second-order valence-electron chi connectivity index (χ2n) is 12.0. The third-order valence-electron chi connectivity index (χ3n) is 9.28. The van der Waals surface area contributed by atoms with Gasteiger partial charge in [0.15, 0.2) is 5.82 Å². The zero-order chi connectivity index (χ0) is 27.0. The van der Waals surface area contributed by atoms with Crippen LogP contribution in [0.5, 0.6) is 0 Å². The summed E-state index contributed by atoms with van der Waals surface area (Å²) >= 11 is 0. The molecule has 0 radical (unpaired) electrons. The fourth-order valence-corrected chi connectivity index (χ4v) is 6.97. The van der Waals surface area contributed by atoms with E-state index >= 15 is 0 Å². The van der Waals surface area contributed by atoms with Crippen LogP contribution in [0.4, 0.5) is 8.78 Å². The summed E-state index contributed by atoms with van der Waals surface area (Å²) in [6, 6.07) is 7.58. The normalized spacial score (nSPS) is 24.0. The maximum absolute atomic E-state index is 14.6. The Morgan fingerprint density at radius 3 is 2.59 bits per heavy atom. The van der Waals surface area contributed by atoms with E-state index in [0.29, 0.717) is 5.95 Å². The second-order valence-corrected chi connectivity index (χ2v) is 12.0. The Labute approximate surface area is 224 Å². The summed E-state index contributed by atoms with van der Waals surface area (Å²) in [6.45, 7) is 8.21. The molecule has 8 nitrogen and oxygen atoms in total. The van der Waals surface area contributed by atoms with Crippen LogP contribution in [0.25, 0.3) is 17.2 Å². The van der Waals surface area contributed by atoms with E-state index in [0.717, 1.165) is 61.7 Å². The van der Waals surface area contributed by atoms with Gasteiger partial charge in [0.2, 0.25) is 0 Å². The first kappa shape index (κ1) is 24.4. The number of aryl methyl sites for hydroxylation is 1. The van der Waals surface area contributed by atoms with E-state index < -0.39 is 17.0 Å². The van der Waals surface area contributed by atoms with Crippen LogP contribution >= 0.6 is 0 Å². The smallest absolute Gasteiger partial charge is 0.252 e. The Morgan fingerprint density at radius 2 is 1.85 bits per heavy atom. The van der Waals surface area contributed by atoms with Crippen molar-refractivity contribution in [3.63, 3.8) is 0 Å². The van der Waals surface area contributed by atoms with E-state index in [1.807, 2.05) is 12.1 Å². The molecular formula is C29H29F2N7O. The lowest BCUT2D eigenvalue weighted by molar-refractivity contribution is -0.105. The van der Waals surface area contributed by atoms with Crippen LogP contribution in [0.15, 0.2) is 42.9 Å². The molecule has 1 aromatic carbocycles. The van der Waals surface area contributed by atoms with Crippen LogP contribution in [0.1, 0.15) is 68.7 Å². The van der Waals surface area contributed by atoms with E-state index in [2.05, 4.69) is 46.0 Å². The number of hydrogen-bond acceptors (Lipinski definition) is 7. The minimum absolute atomic E-state index is 0.146. The fraction of sp³-hybridized carbons (Fsp3) is 0.448. The van der Waals surface area contributed by atoms with Gasteiger partial charge in [0, 0.05) is 18.0 Å². The molecule has 4 aromatic rings. The summed E-state index contributed by atoms with van der Waals surface area (Å²) in [4.78, 5) is 14.0. The van der Waals surface area contributed by atoms with Crippen molar-refractivity contribution in [2.24, 2.45) is 10.8 Å². The van der Waals surface area contributed by atoms with Crippen LogP contribution < -0.4 is 0 Å². The van der Waals surface area contributed by atoms with E-state index in [-0.39, 0.29) is 28.0 Å². The molecule has 2 bridgehead atoms. The van der Waals surface area contributed by atoms with E-state index in [1.54, 1.807) is 17.2 Å². The van der Waals surface area contributed by atoms with Crippen LogP contribution in [0, 0.1) is 22.5 Å². The third-order valence-corrected chi connectivity index (χ3v) is 9.28. The number of aromatic nitrogens is 7. The first-order valence-corrected chi connectivity index (χ1v) is 13.4. The van der Waals surface area contributed by atoms with E-state index in [9.17, 15) is 8.78 Å². The second kappa shape index (κ2) is 8.42. The topological polar surface area (TPSA) is 91.5 Å². The zero-order valence-electron chi connectivity index (χ0n) is 22.2. The predicted molar refractivity (Wildman–Crippen MR) is 138 cm³/mol. The van der Waals surface area contributed by atoms with Gasteiger partial charge in [-0.3, -0.25) is 0 Å². The lowest BCUT2D eigenvalue weighted by Gasteiger charge is -2.37. The lowest BCUT2D eigenvalue weighted by atomic mass is 9.66. The fourth-order valence-electron chi connectivity index (χ4n) is 6.97. The summed E-state index contributed by atoms with van der Waals surface area (Å²) in [7, 11) is 0. The number of ether oxygens (including phenoxy) is 1. The van der Waals surface area contributed by atoms with Gasteiger partial charge in [-0.2, -0.15) is 9.78 Å². The maximum atomic E-state index is 14.6. The summed E-state index contributed by atoms with van der Waals surface area (Å²) in [5, 5.41) is 13.6. The molecule has 0 N–H and O–H groups in total. The van der Waals surface area contributed by atoms with E-state index in [4.69, 9.17) is 9.72 Å². The Morgan fingerprint density at radius 1 is 1.05 bits per heavy atom. The van der Waals surface area contributed by atoms with Gasteiger partial charge in [0.25, 0.3) is 5.95 Å². The number of hydrogen-bond donors (Lipinski definition) is 0. The summed E-state index contributed by atoms with van der Waals surface area (Å²) < 4.78 is 36.1. The largest absolute Gasteiger partial charge is 0.380 e. The molecule has 0 spiro atoms. The Bertz CT molecular complexity index is 1580. The quantitative estimate of drug-likeness (QED) is 0.348. The predicted octanol–water partition coefficient (Wildman–Crippen LogP) is 4.96. The van der Waals surface area contributed by atoms with Crippen molar-refractivity contribution < 1.29 is 13.5 Å². The number of fused-ring (bicyclic) bond motifs is 5. The van der Waals surface area contributed by atoms with Crippen molar-refractivity contribution in [2.45, 2.75) is 57.8 Å². The first-order chi connectivity index (χ1) is 18.7. The molecule has 1 saturated carbocycles. The number of halogens is 2. The molecule has 2 aliphatic carbocycles. The van der Waals surface area contributed by atoms with Gasteiger partial charge in [-0.05, 0) is 60.4 Å². The van der Waals surface area contributed by atoms with Crippen molar-refractivity contribution in [3.05, 3.63) is 77.3 Å². The highest BCUT2D eigenvalue weighted by atomic mass is 19.1. The van der Waals surface area contributed by atoms with Crippen LogP contribution in [0.3, 0.4) is 0 Å². The van der Waals surface area contributed by atoms with E-state index in [1.165, 1.54) is 18.2 Å². The molecule has 10 heteroatoms. The lowest BCUT2D eigenvalue weighted by Crippen LogP contribution is -2.40. The van der Waals surface area contributed by atoms with Gasteiger partial charge >= 0.3 is 0 Å². The van der Waals surface area contributed by atoms with Gasteiger partial charge in [-0.1, -0.05) is 26.8 Å². The molecule has 7 rings (SSSR count). The number of nitrogens with zero attached hydrogens (tertiary/aromatic N) is 7. The molecule has 39 heavy (non-hydrogen) atoms. The molecule has 4 heterocycles. The average Bonchev–Trinajstić information content (AvgIpc) is 3.54. The van der Waals surface area contributed by atoms with Crippen LogP contribution in [-0.4, -0.2) is 48.1 Å².